The number of amides is 1. The molecule has 25 nitrogen and oxygen atoms in total. The average Bonchev–Trinajstić information content (AvgIpc) is 1.15. The van der Waals surface area contributed by atoms with Gasteiger partial charge < -0.3 is 67.5 Å². The Morgan fingerprint density at radius 2 is 1.49 bits per heavy atom. The molecule has 0 radical (unpaired) electrons. The van der Waals surface area contributed by atoms with Gasteiger partial charge in [0, 0.05) is 101 Å². The van der Waals surface area contributed by atoms with E-state index in [4.69, 9.17) is 42.6 Å². The molecule has 8 aliphatic rings. The van der Waals surface area contributed by atoms with Crippen LogP contribution in [0.4, 0.5) is 0 Å². The lowest BCUT2D eigenvalue weighted by Gasteiger charge is -2.56. The van der Waals surface area contributed by atoms with Crippen LogP contribution in [-0.4, -0.2) is 232 Å². The molecule has 0 spiro atoms. The molecule has 1 saturated carbocycles. The van der Waals surface area contributed by atoms with Crippen LogP contribution in [0.15, 0.2) is 70.4 Å². The SMILES string of the molecule is COC[C@H]1OC(=O)C(CN(C)CCCN(C)C)C2C(=O)C(=O)C3=C([C@H](OC(C)=O)C[C@@]4(C)C3=CC[C@@H]4OC(=O)CCC(=O)OC3CCC(C[C@@H](C)[C@@H]4CC(=O)C(C)=CC(C)[C@@H](O)[C@@H](OC)C(=O)[C@H](C)C[C@H](C)C=CC=CC=C(C)[C@@H](OC)C[C@@H]5CC[C@@H](C)[C@@](O)(O5)C(=O)C(=O)N5CCCC[C@H]5C(=O)O4)CC3)[C@]21C. The van der Waals surface area contributed by atoms with Gasteiger partial charge in [-0.15, -0.1) is 0 Å². The average molecular weight is 1510 g/mol. The summed E-state index contributed by atoms with van der Waals surface area (Å²) >= 11 is 0. The van der Waals surface area contributed by atoms with Crippen molar-refractivity contribution in [2.75, 3.05) is 75.3 Å². The predicted molar refractivity (Wildman–Crippen MR) is 397 cm³/mol. The van der Waals surface area contributed by atoms with Crippen molar-refractivity contribution in [2.45, 2.75) is 252 Å². The van der Waals surface area contributed by atoms with E-state index in [1.165, 1.54) is 21.1 Å². The van der Waals surface area contributed by atoms with Crippen molar-refractivity contribution in [3.8, 4) is 0 Å². The van der Waals surface area contributed by atoms with Crippen molar-refractivity contribution in [3.05, 3.63) is 70.4 Å². The van der Waals surface area contributed by atoms with Crippen molar-refractivity contribution in [2.24, 2.45) is 58.2 Å². The largest absolute Gasteiger partial charge is 0.462 e. The number of aliphatic hydroxyl groups is 2. The minimum Gasteiger partial charge on any atom is -0.462 e. The van der Waals surface area contributed by atoms with Crippen molar-refractivity contribution in [1.29, 1.82) is 0 Å². The van der Waals surface area contributed by atoms with Gasteiger partial charge in [0.15, 0.2) is 11.6 Å². The lowest BCUT2D eigenvalue weighted by atomic mass is 9.50. The number of hydrogen-bond donors (Lipinski definition) is 2. The highest BCUT2D eigenvalue weighted by Crippen LogP contribution is 2.62. The van der Waals surface area contributed by atoms with E-state index in [9.17, 15) is 63.0 Å². The van der Waals surface area contributed by atoms with Gasteiger partial charge >= 0.3 is 29.8 Å². The molecule has 0 aromatic rings. The Morgan fingerprint density at radius 1 is 0.796 bits per heavy atom. The summed E-state index contributed by atoms with van der Waals surface area (Å²) in [5.74, 6) is -15.2. The number of ether oxygens (including phenoxy) is 9. The molecule has 4 aliphatic carbocycles. The lowest BCUT2D eigenvalue weighted by Crippen LogP contribution is -2.65. The van der Waals surface area contributed by atoms with Gasteiger partial charge in [0.05, 0.1) is 49.6 Å². The van der Waals surface area contributed by atoms with Crippen molar-refractivity contribution in [3.63, 3.8) is 0 Å². The molecular formula is C83H121N3O22. The monoisotopic (exact) mass is 1510 g/mol. The fraction of sp³-hybridized carbons (Fsp3) is 0.723. The van der Waals surface area contributed by atoms with Gasteiger partial charge in [-0.1, -0.05) is 91.0 Å². The molecule has 3 unspecified atom stereocenters. The third-order valence-corrected chi connectivity index (χ3v) is 24.4. The fourth-order valence-corrected chi connectivity index (χ4v) is 18.1. The summed E-state index contributed by atoms with van der Waals surface area (Å²) in [5.41, 5.74) is -0.525. The summed E-state index contributed by atoms with van der Waals surface area (Å²) in [6.07, 6.45) is 9.86. The van der Waals surface area contributed by atoms with Crippen molar-refractivity contribution in [1.82, 2.24) is 14.7 Å². The maximum absolute atomic E-state index is 14.9. The summed E-state index contributed by atoms with van der Waals surface area (Å²) in [6, 6.07) is -1.24. The minimum atomic E-state index is -2.50. The molecular weight excluding hydrogens is 1390 g/mol. The van der Waals surface area contributed by atoms with E-state index in [2.05, 4.69) is 0 Å². The number of cyclic esters (lactones) is 2. The predicted octanol–water partition coefficient (Wildman–Crippen LogP) is 8.61. The van der Waals surface area contributed by atoms with Gasteiger partial charge in [0.25, 0.3) is 11.7 Å². The summed E-state index contributed by atoms with van der Waals surface area (Å²) in [4.78, 5) is 162. The zero-order valence-corrected chi connectivity index (χ0v) is 66.6. The molecule has 108 heavy (non-hydrogen) atoms. The first-order valence-corrected chi connectivity index (χ1v) is 39.1. The van der Waals surface area contributed by atoms with E-state index >= 15 is 0 Å². The number of Topliss-reactive ketones (excluding diaryl/α,β-unsaturated/α-hetero) is 5. The molecule has 600 valence electrons. The van der Waals surface area contributed by atoms with E-state index in [1.54, 1.807) is 60.8 Å². The number of ketones is 5. The Labute approximate surface area is 637 Å². The van der Waals surface area contributed by atoms with Crippen LogP contribution in [0, 0.1) is 58.2 Å². The second kappa shape index (κ2) is 38.0. The quantitative estimate of drug-likeness (QED) is 0.0694. The number of carbonyl (C=O) groups excluding carboxylic acids is 11. The molecule has 4 fully saturated rings. The van der Waals surface area contributed by atoms with Gasteiger partial charge in [-0.2, -0.15) is 0 Å². The van der Waals surface area contributed by atoms with E-state index in [1.807, 2.05) is 82.1 Å². The molecule has 4 aliphatic heterocycles. The molecule has 8 rings (SSSR count). The maximum atomic E-state index is 14.9. The number of allylic oxidation sites excluding steroid dienone is 7. The van der Waals surface area contributed by atoms with E-state index in [0.717, 1.165) is 23.4 Å². The smallest absolute Gasteiger partial charge is 0.329 e. The van der Waals surface area contributed by atoms with Crippen LogP contribution in [0.3, 0.4) is 0 Å². The Morgan fingerprint density at radius 3 is 2.15 bits per heavy atom. The summed E-state index contributed by atoms with van der Waals surface area (Å²) < 4.78 is 54.1. The van der Waals surface area contributed by atoms with Crippen LogP contribution < -0.4 is 0 Å². The molecule has 1 amide bonds. The second-order valence-electron chi connectivity index (χ2n) is 32.9. The third kappa shape index (κ3) is 20.1. The lowest BCUT2D eigenvalue weighted by molar-refractivity contribution is -0.265. The summed E-state index contributed by atoms with van der Waals surface area (Å²) in [6.45, 7) is 18.7. The number of rotatable bonds is 19. The van der Waals surface area contributed by atoms with Crippen LogP contribution in [0.5, 0.6) is 0 Å². The number of carbonyl (C=O) groups is 11. The number of methoxy groups -OCH3 is 3. The van der Waals surface area contributed by atoms with Crippen LogP contribution in [0.2, 0.25) is 0 Å². The Balaban J connectivity index is 0.935. The zero-order chi connectivity index (χ0) is 79.4. The molecule has 0 aromatic heterocycles. The third-order valence-electron chi connectivity index (χ3n) is 24.4. The Kier molecular flexibility index (Phi) is 30.6. The van der Waals surface area contributed by atoms with Gasteiger partial charge in [-0.25, -0.2) is 4.79 Å². The molecule has 25 heteroatoms. The number of fused-ring (bicyclic) bond motifs is 7. The first kappa shape index (κ1) is 86.9. The first-order chi connectivity index (χ1) is 51.0. The van der Waals surface area contributed by atoms with Crippen molar-refractivity contribution >= 4 is 64.7 Å². The van der Waals surface area contributed by atoms with Crippen LogP contribution in [0.25, 0.3) is 0 Å². The molecule has 2 bridgehead atoms. The number of esters is 5. The second-order valence-corrected chi connectivity index (χ2v) is 32.9. The molecule has 4 heterocycles. The van der Waals surface area contributed by atoms with Gasteiger partial charge in [0.2, 0.25) is 17.4 Å². The van der Waals surface area contributed by atoms with Crippen molar-refractivity contribution < 1.29 is 106 Å². The number of piperidine rings is 1. The molecule has 2 N–H and O–H groups in total. The first-order valence-electron chi connectivity index (χ1n) is 39.1. The van der Waals surface area contributed by atoms with Crippen LogP contribution in [-0.2, 0) is 95.4 Å². The van der Waals surface area contributed by atoms with E-state index < -0.39 is 172 Å². The Bertz CT molecular complexity index is 3510. The normalized spacial score (nSPS) is 35.5. The fourth-order valence-electron chi connectivity index (χ4n) is 18.1. The van der Waals surface area contributed by atoms with E-state index in [-0.39, 0.29) is 93.4 Å². The summed E-state index contributed by atoms with van der Waals surface area (Å²) in [5, 5.41) is 23.8. The summed E-state index contributed by atoms with van der Waals surface area (Å²) in [7, 11) is 10.1. The minimum absolute atomic E-state index is 0.0111. The van der Waals surface area contributed by atoms with Gasteiger partial charge in [0.1, 0.15) is 42.7 Å². The van der Waals surface area contributed by atoms with Crippen LogP contribution in [0.1, 0.15) is 185 Å². The van der Waals surface area contributed by atoms with Crippen LogP contribution >= 0.6 is 0 Å². The zero-order valence-electron chi connectivity index (χ0n) is 66.6. The standard InChI is InChI=1S/C83H121N3O22/c1-47-23-18-17-19-24-48(2)62(101-15)42-57-29-26-53(7)83(99,108-57)77(95)78(96)86-38-21-20-25-60(86)80(98)105-63(43-61(88)49(3)40-52(6)73(92)76(102-16)72(91)51(5)39-47)50(4)41-55-27-30-56(31-28-55)104-67(89)34-35-68(90)106-65-33-32-59-69-71(64(103-54(8)87)44-81(59,65)9)82(10)66(46-100-14)107-79(97)58(70(82)75(94)74(69)93)45-85(13)37-22-36-84(11)12/h17-19,23-24,32,40,47,50-53,55-58,60,62-66,70,73,76,92,99H,20-22,25-31,33-39,41-46H2,1-16H3/t47-,50-,51-,52?,53-,55?,56?,57+,58?,60+,62+,63+,64-,65+,66-,70?,73-,76+,81+,82+,83-/m1/s1. The topological polar surface area (TPSA) is 321 Å². The molecule has 3 saturated heterocycles. The molecule has 0 aromatic carbocycles. The molecule has 19 atom stereocenters. The number of nitrogens with zero attached hydrogens (tertiary/aromatic N) is 3. The highest BCUT2D eigenvalue weighted by molar-refractivity contribution is 6.47. The highest BCUT2D eigenvalue weighted by atomic mass is 16.6. The maximum Gasteiger partial charge on any atom is 0.329 e. The highest BCUT2D eigenvalue weighted by Gasteiger charge is 2.68. The van der Waals surface area contributed by atoms with Gasteiger partial charge in [-0.05, 0) is 165 Å². The van der Waals surface area contributed by atoms with Gasteiger partial charge in [-0.3, -0.25) is 47.9 Å². The number of hydrogen-bond acceptors (Lipinski definition) is 24. The van der Waals surface area contributed by atoms with E-state index in [0.29, 0.717) is 81.9 Å². The Hall–Kier alpha value is -6.71. The number of aliphatic hydroxyl groups excluding tert-OH is 1.